The average Bonchev–Trinajstić information content (AvgIpc) is 3.02. The summed E-state index contributed by atoms with van der Waals surface area (Å²) < 4.78 is 41.9. The fourth-order valence-electron chi connectivity index (χ4n) is 2.11. The van der Waals surface area contributed by atoms with E-state index in [4.69, 9.17) is 0 Å². The van der Waals surface area contributed by atoms with E-state index in [1.165, 1.54) is 47.7 Å². The van der Waals surface area contributed by atoms with Crippen LogP contribution in [0.1, 0.15) is 10.4 Å². The van der Waals surface area contributed by atoms with Crippen molar-refractivity contribution in [3.63, 3.8) is 0 Å². The van der Waals surface area contributed by atoms with Crippen LogP contribution < -0.4 is 9.52 Å². The highest BCUT2D eigenvalue weighted by molar-refractivity contribution is 7.92. The molecule has 2 aromatic carbocycles. The first-order valence-electron chi connectivity index (χ1n) is 7.43. The molecule has 0 aliphatic carbocycles. The van der Waals surface area contributed by atoms with E-state index in [0.29, 0.717) is 4.80 Å². The van der Waals surface area contributed by atoms with Crippen LogP contribution in [0.5, 0.6) is 0 Å². The molecule has 1 N–H and O–H groups in total. The molecule has 1 amide bonds. The average molecular weight is 391 g/mol. The third-order valence-electron chi connectivity index (χ3n) is 3.44. The summed E-state index contributed by atoms with van der Waals surface area (Å²) in [4.78, 5) is 16.7. The molecule has 0 radical (unpaired) electrons. The lowest BCUT2D eigenvalue weighted by molar-refractivity contribution is 0.0997. The normalized spacial score (nSPS) is 12.2. The molecule has 0 unspecified atom stereocenters. The first-order chi connectivity index (χ1) is 12.3. The van der Waals surface area contributed by atoms with Crippen LogP contribution in [0.25, 0.3) is 0 Å². The molecule has 1 heterocycles. The highest BCUT2D eigenvalue weighted by Crippen LogP contribution is 2.18. The van der Waals surface area contributed by atoms with Crippen molar-refractivity contribution in [2.24, 2.45) is 12.0 Å². The predicted molar refractivity (Wildman–Crippen MR) is 96.8 cm³/mol. The van der Waals surface area contributed by atoms with Gasteiger partial charge in [-0.2, -0.15) is 4.99 Å². The van der Waals surface area contributed by atoms with Gasteiger partial charge in [-0.05, 0) is 42.5 Å². The van der Waals surface area contributed by atoms with Crippen molar-refractivity contribution in [2.45, 2.75) is 4.90 Å². The smallest absolute Gasteiger partial charge is 0.279 e. The zero-order valence-electron chi connectivity index (χ0n) is 13.6. The van der Waals surface area contributed by atoms with Crippen LogP contribution in [-0.4, -0.2) is 18.9 Å². The van der Waals surface area contributed by atoms with E-state index in [1.54, 1.807) is 23.2 Å². The lowest BCUT2D eigenvalue weighted by atomic mass is 10.2. The van der Waals surface area contributed by atoms with Crippen LogP contribution in [0.4, 0.5) is 10.1 Å². The molecule has 1 aromatic heterocycles. The van der Waals surface area contributed by atoms with Gasteiger partial charge in [-0.25, -0.2) is 12.8 Å². The number of nitrogens with one attached hydrogen (secondary N) is 1. The van der Waals surface area contributed by atoms with Crippen molar-refractivity contribution >= 4 is 33.0 Å². The van der Waals surface area contributed by atoms with Gasteiger partial charge in [-0.3, -0.25) is 9.52 Å². The number of aromatic nitrogens is 1. The molecule has 0 fully saturated rings. The van der Waals surface area contributed by atoms with Gasteiger partial charge < -0.3 is 4.57 Å². The molecule has 134 valence electrons. The molecule has 0 aliphatic rings. The summed E-state index contributed by atoms with van der Waals surface area (Å²) in [6.07, 6.45) is 1.77. The summed E-state index contributed by atoms with van der Waals surface area (Å²) in [5.74, 6) is -1.01. The topological polar surface area (TPSA) is 80.5 Å². The van der Waals surface area contributed by atoms with Crippen LogP contribution in [0, 0.1) is 5.82 Å². The molecule has 0 saturated carbocycles. The van der Waals surface area contributed by atoms with E-state index < -0.39 is 21.7 Å². The Balaban J connectivity index is 1.90. The van der Waals surface area contributed by atoms with E-state index in [9.17, 15) is 17.6 Å². The molecular weight excluding hydrogens is 377 g/mol. The Kier molecular flexibility index (Phi) is 5.01. The second kappa shape index (κ2) is 7.22. The summed E-state index contributed by atoms with van der Waals surface area (Å²) in [5.41, 5.74) is 0.374. The molecule has 0 bridgehead atoms. The third-order valence-corrected chi connectivity index (χ3v) is 5.67. The summed E-state index contributed by atoms with van der Waals surface area (Å²) in [5, 5.41) is 1.79. The number of amides is 1. The number of carbonyl (C=O) groups is 1. The molecule has 0 aliphatic heterocycles. The van der Waals surface area contributed by atoms with E-state index in [2.05, 4.69) is 9.71 Å². The van der Waals surface area contributed by atoms with Crippen molar-refractivity contribution < 1.29 is 17.6 Å². The monoisotopic (exact) mass is 391 g/mol. The predicted octanol–water partition coefficient (Wildman–Crippen LogP) is 2.77. The van der Waals surface area contributed by atoms with Crippen molar-refractivity contribution in [2.75, 3.05) is 4.72 Å². The van der Waals surface area contributed by atoms with Crippen LogP contribution in [0.3, 0.4) is 0 Å². The van der Waals surface area contributed by atoms with Gasteiger partial charge in [0.1, 0.15) is 5.82 Å². The summed E-state index contributed by atoms with van der Waals surface area (Å²) in [6, 6.07) is 10.5. The molecule has 3 rings (SSSR count). The second-order valence-corrected chi connectivity index (χ2v) is 7.91. The number of hydrogen-bond donors (Lipinski definition) is 1. The van der Waals surface area contributed by atoms with E-state index in [-0.39, 0.29) is 16.1 Å². The maximum absolute atomic E-state index is 12.9. The number of carbonyl (C=O) groups excluding carboxylic acids is 1. The minimum atomic E-state index is -3.92. The molecule has 26 heavy (non-hydrogen) atoms. The summed E-state index contributed by atoms with van der Waals surface area (Å²) >= 11 is 1.30. The Morgan fingerprint density at radius 2 is 1.92 bits per heavy atom. The number of halogens is 1. The minimum absolute atomic E-state index is 0.0848. The van der Waals surface area contributed by atoms with E-state index in [1.807, 2.05) is 0 Å². The van der Waals surface area contributed by atoms with Crippen LogP contribution >= 0.6 is 11.3 Å². The lowest BCUT2D eigenvalue weighted by Crippen LogP contribution is -2.15. The van der Waals surface area contributed by atoms with Gasteiger partial charge in [-0.1, -0.05) is 6.07 Å². The largest absolute Gasteiger partial charge is 0.327 e. The zero-order chi connectivity index (χ0) is 18.7. The fourth-order valence-corrected chi connectivity index (χ4v) is 3.95. The zero-order valence-corrected chi connectivity index (χ0v) is 15.2. The first-order valence-corrected chi connectivity index (χ1v) is 9.79. The second-order valence-electron chi connectivity index (χ2n) is 5.35. The number of anilines is 1. The lowest BCUT2D eigenvalue weighted by Gasteiger charge is -2.08. The van der Waals surface area contributed by atoms with E-state index in [0.717, 1.165) is 12.1 Å². The number of aryl methyl sites for hydroxylation is 1. The highest BCUT2D eigenvalue weighted by Gasteiger charge is 2.16. The molecule has 0 atom stereocenters. The molecule has 0 spiro atoms. The Bertz CT molecular complexity index is 1120. The van der Waals surface area contributed by atoms with Gasteiger partial charge in [0.15, 0.2) is 4.80 Å². The van der Waals surface area contributed by atoms with Crippen molar-refractivity contribution in [3.05, 3.63) is 76.3 Å². The first kappa shape index (κ1) is 18.0. The van der Waals surface area contributed by atoms with Crippen LogP contribution in [-0.2, 0) is 17.1 Å². The molecule has 6 nitrogen and oxygen atoms in total. The van der Waals surface area contributed by atoms with Gasteiger partial charge in [0.05, 0.1) is 4.90 Å². The number of nitrogens with zero attached hydrogens (tertiary/aromatic N) is 2. The Hall–Kier alpha value is -2.78. The summed E-state index contributed by atoms with van der Waals surface area (Å²) in [7, 11) is -2.16. The van der Waals surface area contributed by atoms with Gasteiger partial charge in [0, 0.05) is 29.9 Å². The fraction of sp³-hybridized carbons (Fsp3) is 0.0588. The van der Waals surface area contributed by atoms with Crippen LogP contribution in [0.2, 0.25) is 0 Å². The molecule has 3 aromatic rings. The quantitative estimate of drug-likeness (QED) is 0.743. The van der Waals surface area contributed by atoms with Gasteiger partial charge in [-0.15, -0.1) is 11.3 Å². The van der Waals surface area contributed by atoms with Crippen molar-refractivity contribution in [1.29, 1.82) is 0 Å². The third kappa shape index (κ3) is 4.06. The van der Waals surface area contributed by atoms with E-state index >= 15 is 0 Å². The Labute approximate surface area is 153 Å². The van der Waals surface area contributed by atoms with Gasteiger partial charge >= 0.3 is 0 Å². The summed E-state index contributed by atoms with van der Waals surface area (Å²) in [6.45, 7) is 0. The highest BCUT2D eigenvalue weighted by atomic mass is 32.2. The standard InChI is InChI=1S/C17H14FN3O3S2/c1-21-9-10-25-17(21)19-16(22)12-3-2-4-15(11-12)26(23,24)20-14-7-5-13(18)6-8-14/h2-11,20H,1H3. The van der Waals surface area contributed by atoms with Crippen LogP contribution in [0.15, 0.2) is 70.0 Å². The van der Waals surface area contributed by atoms with Gasteiger partial charge in [0.25, 0.3) is 15.9 Å². The Morgan fingerprint density at radius 1 is 1.19 bits per heavy atom. The number of thiazole rings is 1. The number of sulfonamides is 1. The molecular formula is C17H14FN3O3S2. The number of rotatable bonds is 4. The molecule has 0 saturated heterocycles. The van der Waals surface area contributed by atoms with Crippen molar-refractivity contribution in [1.82, 2.24) is 4.57 Å². The van der Waals surface area contributed by atoms with Crippen molar-refractivity contribution in [3.8, 4) is 0 Å². The number of benzene rings is 2. The molecule has 9 heteroatoms. The SMILES string of the molecule is Cn1ccsc1=NC(=O)c1cccc(S(=O)(=O)Nc2ccc(F)cc2)c1. The minimum Gasteiger partial charge on any atom is -0.327 e. The number of hydrogen-bond acceptors (Lipinski definition) is 4. The Morgan fingerprint density at radius 3 is 2.58 bits per heavy atom. The maximum atomic E-state index is 12.9. The van der Waals surface area contributed by atoms with Gasteiger partial charge in [0.2, 0.25) is 0 Å². The maximum Gasteiger partial charge on any atom is 0.279 e.